The molecule has 1 amide bonds. The number of alkyl halides is 3. The number of H-pyrrole nitrogens is 2. The zero-order valence-corrected chi connectivity index (χ0v) is 19.7. The van der Waals surface area contributed by atoms with Gasteiger partial charge >= 0.3 is 6.18 Å². The molecule has 196 valence electrons. The van der Waals surface area contributed by atoms with E-state index in [0.717, 1.165) is 6.07 Å². The van der Waals surface area contributed by atoms with Crippen LogP contribution in [0.4, 0.5) is 17.6 Å². The second-order valence-corrected chi connectivity index (χ2v) is 9.23. The van der Waals surface area contributed by atoms with Crippen molar-refractivity contribution in [2.45, 2.75) is 18.0 Å². The predicted octanol–water partition coefficient (Wildman–Crippen LogP) is 2.58. The first-order chi connectivity index (χ1) is 17.5. The first-order valence-electron chi connectivity index (χ1n) is 11.2. The largest absolute Gasteiger partial charge is 0.431 e. The SMILES string of the molecule is O=C(c1cccc(-c2cn[nH]c2F)c1Cl)N1CCN2C[C@@](O)(c3ccc(C(F)(F)F)[nH]c3=O)OC[C@@H]2C1. The summed E-state index contributed by atoms with van der Waals surface area (Å²) in [4.78, 5) is 30.7. The molecule has 2 fully saturated rings. The van der Waals surface area contributed by atoms with E-state index in [0.29, 0.717) is 18.2 Å². The van der Waals surface area contributed by atoms with Crippen LogP contribution < -0.4 is 5.56 Å². The Morgan fingerprint density at radius 3 is 2.68 bits per heavy atom. The molecule has 2 aromatic heterocycles. The Morgan fingerprint density at radius 2 is 2.00 bits per heavy atom. The molecule has 4 heterocycles. The standard InChI is InChI=1S/C23H20ClF4N5O4/c24-18-13(15-8-29-31-19(15)25)2-1-3-14(18)21(35)32-6-7-33-11-22(36,37-10-12(33)9-32)16-4-5-17(23(26,27)28)30-20(16)34/h1-5,8,12,36H,6-7,9-11H2,(H,29,31)(H,30,34)/t12-,22-/m0/s1. The Hall–Kier alpha value is -3.26. The Balaban J connectivity index is 1.31. The third kappa shape index (κ3) is 4.63. The number of aromatic amines is 2. The molecule has 3 N–H and O–H groups in total. The van der Waals surface area contributed by atoms with Crippen molar-refractivity contribution in [2.75, 3.05) is 32.8 Å². The number of hydrogen-bond donors (Lipinski definition) is 3. The lowest BCUT2D eigenvalue weighted by atomic mass is 10.0. The van der Waals surface area contributed by atoms with Crippen LogP contribution in [0.15, 0.2) is 41.3 Å². The Morgan fingerprint density at radius 1 is 1.22 bits per heavy atom. The summed E-state index contributed by atoms with van der Waals surface area (Å²) in [7, 11) is 0. The zero-order valence-electron chi connectivity index (χ0n) is 19.0. The van der Waals surface area contributed by atoms with E-state index >= 15 is 0 Å². The third-order valence-corrected chi connectivity index (χ3v) is 6.98. The van der Waals surface area contributed by atoms with Gasteiger partial charge in [0.1, 0.15) is 5.69 Å². The van der Waals surface area contributed by atoms with Crippen molar-refractivity contribution < 1.29 is 32.2 Å². The highest BCUT2D eigenvalue weighted by atomic mass is 35.5. The average Bonchev–Trinajstić information content (AvgIpc) is 3.28. The van der Waals surface area contributed by atoms with Gasteiger partial charge in [0.2, 0.25) is 11.7 Å². The quantitative estimate of drug-likeness (QED) is 0.439. The fourth-order valence-corrected chi connectivity index (χ4v) is 4.95. The van der Waals surface area contributed by atoms with Crippen LogP contribution >= 0.6 is 11.6 Å². The van der Waals surface area contributed by atoms with Gasteiger partial charge in [-0.1, -0.05) is 23.7 Å². The number of halogens is 5. The molecule has 0 saturated carbocycles. The zero-order chi connectivity index (χ0) is 26.5. The number of carbonyl (C=O) groups is 1. The van der Waals surface area contributed by atoms with Crippen LogP contribution in [-0.2, 0) is 16.7 Å². The summed E-state index contributed by atoms with van der Waals surface area (Å²) >= 11 is 6.46. The van der Waals surface area contributed by atoms with E-state index < -0.39 is 29.2 Å². The number of pyridine rings is 1. The second-order valence-electron chi connectivity index (χ2n) is 8.85. The van der Waals surface area contributed by atoms with Gasteiger partial charge in [-0.3, -0.25) is 19.6 Å². The summed E-state index contributed by atoms with van der Waals surface area (Å²) in [5, 5.41) is 16.9. The fourth-order valence-electron chi connectivity index (χ4n) is 4.64. The maximum atomic E-state index is 14.0. The van der Waals surface area contributed by atoms with Gasteiger partial charge in [-0.2, -0.15) is 22.7 Å². The van der Waals surface area contributed by atoms with Gasteiger partial charge in [0.25, 0.3) is 11.5 Å². The highest BCUT2D eigenvalue weighted by molar-refractivity contribution is 6.36. The molecule has 0 spiro atoms. The number of fused-ring (bicyclic) bond motifs is 1. The molecule has 14 heteroatoms. The number of aliphatic hydroxyl groups is 1. The highest BCUT2D eigenvalue weighted by Crippen LogP contribution is 2.34. The smallest absolute Gasteiger partial charge is 0.361 e. The van der Waals surface area contributed by atoms with Crippen molar-refractivity contribution in [3.63, 3.8) is 0 Å². The summed E-state index contributed by atoms with van der Waals surface area (Å²) in [6, 6.07) is 5.92. The number of aromatic nitrogens is 3. The van der Waals surface area contributed by atoms with E-state index in [1.165, 1.54) is 12.3 Å². The van der Waals surface area contributed by atoms with Crippen LogP contribution in [0.1, 0.15) is 21.6 Å². The molecule has 0 unspecified atom stereocenters. The van der Waals surface area contributed by atoms with Gasteiger partial charge in [0.05, 0.1) is 47.1 Å². The van der Waals surface area contributed by atoms with E-state index in [1.807, 2.05) is 4.90 Å². The molecular weight excluding hydrogens is 522 g/mol. The molecule has 9 nitrogen and oxygen atoms in total. The fraction of sp³-hybridized carbons (Fsp3) is 0.348. The average molecular weight is 542 g/mol. The minimum Gasteiger partial charge on any atom is -0.361 e. The normalized spacial score (nSPS) is 22.6. The van der Waals surface area contributed by atoms with E-state index in [1.54, 1.807) is 22.0 Å². The number of rotatable bonds is 3. The van der Waals surface area contributed by atoms with Gasteiger partial charge in [-0.05, 0) is 18.2 Å². The molecule has 1 aromatic carbocycles. The first kappa shape index (κ1) is 25.4. The predicted molar refractivity (Wildman–Crippen MR) is 122 cm³/mol. The number of morpholine rings is 1. The van der Waals surface area contributed by atoms with Crippen LogP contribution in [0.2, 0.25) is 5.02 Å². The summed E-state index contributed by atoms with van der Waals surface area (Å²) in [5.74, 6) is -3.18. The number of amides is 1. The molecule has 0 aliphatic carbocycles. The van der Waals surface area contributed by atoms with Gasteiger partial charge in [-0.15, -0.1) is 0 Å². The molecule has 2 aliphatic rings. The first-order valence-corrected chi connectivity index (χ1v) is 11.5. The Labute approximate surface area is 211 Å². The molecule has 0 radical (unpaired) electrons. The van der Waals surface area contributed by atoms with Crippen LogP contribution in [0.3, 0.4) is 0 Å². The molecular formula is C23H20ClF4N5O4. The van der Waals surface area contributed by atoms with Gasteiger partial charge in [0.15, 0.2) is 0 Å². The molecule has 37 heavy (non-hydrogen) atoms. The molecule has 2 saturated heterocycles. The van der Waals surface area contributed by atoms with Crippen LogP contribution in [0.25, 0.3) is 11.1 Å². The summed E-state index contributed by atoms with van der Waals surface area (Å²) in [6.07, 6.45) is -3.47. The number of benzene rings is 1. The number of nitrogens with one attached hydrogen (secondary N) is 2. The Kier molecular flexibility index (Phi) is 6.34. The minimum absolute atomic E-state index is 0.0750. The summed E-state index contributed by atoms with van der Waals surface area (Å²) < 4.78 is 58.2. The number of hydrogen-bond acceptors (Lipinski definition) is 6. The lowest BCUT2D eigenvalue weighted by Gasteiger charge is -2.48. The second kappa shape index (κ2) is 9.24. The lowest BCUT2D eigenvalue weighted by molar-refractivity contribution is -0.266. The molecule has 2 atom stereocenters. The van der Waals surface area contributed by atoms with E-state index in [2.05, 4.69) is 10.2 Å². The van der Waals surface area contributed by atoms with Crippen molar-refractivity contribution >= 4 is 17.5 Å². The number of ether oxygens (including phenoxy) is 1. The Bertz CT molecular complexity index is 1410. The monoisotopic (exact) mass is 541 g/mol. The summed E-state index contributed by atoms with van der Waals surface area (Å²) in [5.41, 5.74) is -2.06. The summed E-state index contributed by atoms with van der Waals surface area (Å²) in [6.45, 7) is 0.488. The molecule has 3 aromatic rings. The maximum Gasteiger partial charge on any atom is 0.431 e. The van der Waals surface area contributed by atoms with E-state index in [-0.39, 0.29) is 59.9 Å². The molecule has 0 bridgehead atoms. The van der Waals surface area contributed by atoms with E-state index in [4.69, 9.17) is 16.3 Å². The van der Waals surface area contributed by atoms with Crippen molar-refractivity contribution in [1.82, 2.24) is 25.0 Å². The lowest BCUT2D eigenvalue weighted by Crippen LogP contribution is -2.64. The van der Waals surface area contributed by atoms with E-state index in [9.17, 15) is 32.3 Å². The number of piperazine rings is 1. The van der Waals surface area contributed by atoms with Crippen molar-refractivity contribution in [1.29, 1.82) is 0 Å². The van der Waals surface area contributed by atoms with Crippen molar-refractivity contribution in [2.24, 2.45) is 0 Å². The maximum absolute atomic E-state index is 14.0. The molecule has 5 rings (SSSR count). The van der Waals surface area contributed by atoms with Crippen molar-refractivity contribution in [3.8, 4) is 11.1 Å². The number of carbonyl (C=O) groups excluding carboxylic acids is 1. The van der Waals surface area contributed by atoms with Gasteiger partial charge in [0, 0.05) is 25.2 Å². The van der Waals surface area contributed by atoms with Gasteiger partial charge < -0.3 is 19.7 Å². The van der Waals surface area contributed by atoms with Crippen LogP contribution in [0, 0.1) is 5.95 Å². The third-order valence-electron chi connectivity index (χ3n) is 6.57. The van der Waals surface area contributed by atoms with Crippen LogP contribution in [-0.4, -0.2) is 74.8 Å². The topological polar surface area (TPSA) is 115 Å². The van der Waals surface area contributed by atoms with Crippen molar-refractivity contribution in [3.05, 3.63) is 74.7 Å². The molecule has 2 aliphatic heterocycles. The highest BCUT2D eigenvalue weighted by Gasteiger charge is 2.45. The van der Waals surface area contributed by atoms with Gasteiger partial charge in [-0.25, -0.2) is 0 Å². The van der Waals surface area contributed by atoms with Crippen LogP contribution in [0.5, 0.6) is 0 Å². The number of nitrogens with zero attached hydrogens (tertiary/aromatic N) is 3. The minimum atomic E-state index is -4.74.